The second kappa shape index (κ2) is 11.1. The van der Waals surface area contributed by atoms with E-state index >= 15 is 0 Å². The average Bonchev–Trinajstić information content (AvgIpc) is 2.44. The van der Waals surface area contributed by atoms with Crippen LogP contribution < -0.4 is 5.32 Å². The Morgan fingerprint density at radius 2 is 1.85 bits per heavy atom. The SMILES string of the molecule is C=N/C=C(\C)C/N=C(C)\C(CCC)=C(/N=C)NCCC. The van der Waals surface area contributed by atoms with Crippen LogP contribution in [0.3, 0.4) is 0 Å². The molecule has 0 saturated carbocycles. The Morgan fingerprint density at radius 3 is 2.35 bits per heavy atom. The van der Waals surface area contributed by atoms with Crippen LogP contribution in [0.2, 0.25) is 0 Å². The highest BCUT2D eigenvalue weighted by atomic mass is 15.0. The highest BCUT2D eigenvalue weighted by molar-refractivity contribution is 5.98. The number of rotatable bonds is 10. The van der Waals surface area contributed by atoms with Gasteiger partial charge in [0.15, 0.2) is 0 Å². The monoisotopic (exact) mass is 276 g/mol. The highest BCUT2D eigenvalue weighted by Gasteiger charge is 2.08. The van der Waals surface area contributed by atoms with Gasteiger partial charge in [-0.3, -0.25) is 9.98 Å². The molecule has 0 radical (unpaired) electrons. The number of hydrogen-bond acceptors (Lipinski definition) is 4. The topological polar surface area (TPSA) is 49.1 Å². The molecule has 4 nitrogen and oxygen atoms in total. The predicted molar refractivity (Wildman–Crippen MR) is 91.1 cm³/mol. The smallest absolute Gasteiger partial charge is 0.130 e. The van der Waals surface area contributed by atoms with Crippen molar-refractivity contribution in [3.05, 3.63) is 23.2 Å². The fraction of sp³-hybridized carbons (Fsp3) is 0.562. The Kier molecular flexibility index (Phi) is 10.2. The lowest BCUT2D eigenvalue weighted by Gasteiger charge is -2.13. The molecule has 20 heavy (non-hydrogen) atoms. The predicted octanol–water partition coefficient (Wildman–Crippen LogP) is 3.76. The van der Waals surface area contributed by atoms with Crippen molar-refractivity contribution in [2.75, 3.05) is 13.1 Å². The van der Waals surface area contributed by atoms with Gasteiger partial charge in [-0.25, -0.2) is 4.99 Å². The molecule has 0 aliphatic heterocycles. The van der Waals surface area contributed by atoms with Gasteiger partial charge in [-0.2, -0.15) is 0 Å². The van der Waals surface area contributed by atoms with Crippen molar-refractivity contribution in [2.24, 2.45) is 15.0 Å². The van der Waals surface area contributed by atoms with Crippen LogP contribution in [0.1, 0.15) is 47.0 Å². The van der Waals surface area contributed by atoms with Crippen molar-refractivity contribution in [1.82, 2.24) is 5.32 Å². The standard InChI is InChI=1S/C16H28N4/c1-7-9-15(16(18-6)19-10-8-2)14(4)20-12-13(3)11-17-5/h11,19H,5-10,12H2,1-4H3/b13-11+,16-15+,20-14-. The van der Waals surface area contributed by atoms with Crippen molar-refractivity contribution in [1.29, 1.82) is 0 Å². The maximum atomic E-state index is 4.61. The van der Waals surface area contributed by atoms with Crippen LogP contribution in [0.4, 0.5) is 0 Å². The van der Waals surface area contributed by atoms with Crippen molar-refractivity contribution in [3.8, 4) is 0 Å². The molecule has 0 bridgehead atoms. The van der Waals surface area contributed by atoms with Gasteiger partial charge in [0, 0.05) is 24.0 Å². The number of nitrogens with one attached hydrogen (secondary N) is 1. The molecule has 4 heteroatoms. The molecular formula is C16H28N4. The highest BCUT2D eigenvalue weighted by Crippen LogP contribution is 2.13. The van der Waals surface area contributed by atoms with Crippen LogP contribution in [0.15, 0.2) is 38.1 Å². The van der Waals surface area contributed by atoms with Crippen molar-refractivity contribution < 1.29 is 0 Å². The number of aliphatic imine (C=N–C) groups is 3. The third-order valence-corrected chi connectivity index (χ3v) is 2.80. The molecular weight excluding hydrogens is 248 g/mol. The lowest BCUT2D eigenvalue weighted by Crippen LogP contribution is -2.17. The van der Waals surface area contributed by atoms with E-state index in [0.717, 1.165) is 48.5 Å². The maximum Gasteiger partial charge on any atom is 0.130 e. The van der Waals surface area contributed by atoms with Crippen LogP contribution in [0.5, 0.6) is 0 Å². The summed E-state index contributed by atoms with van der Waals surface area (Å²) in [5.74, 6) is 0.860. The molecule has 0 aromatic heterocycles. The minimum absolute atomic E-state index is 0.635. The van der Waals surface area contributed by atoms with Crippen LogP contribution >= 0.6 is 0 Å². The second-order valence-corrected chi connectivity index (χ2v) is 4.72. The summed E-state index contributed by atoms with van der Waals surface area (Å²) in [7, 11) is 0. The van der Waals surface area contributed by atoms with E-state index in [1.807, 2.05) is 13.8 Å². The molecule has 0 aliphatic carbocycles. The molecule has 0 spiro atoms. The first-order chi connectivity index (χ1) is 9.60. The fourth-order valence-corrected chi connectivity index (χ4v) is 1.76. The summed E-state index contributed by atoms with van der Waals surface area (Å²) in [6, 6.07) is 0. The van der Waals surface area contributed by atoms with Gasteiger partial charge in [0.05, 0.1) is 6.54 Å². The number of nitrogens with zero attached hydrogens (tertiary/aromatic N) is 3. The van der Waals surface area contributed by atoms with E-state index in [2.05, 4.69) is 47.6 Å². The minimum atomic E-state index is 0.635. The summed E-state index contributed by atoms with van der Waals surface area (Å²) in [4.78, 5) is 12.5. The summed E-state index contributed by atoms with van der Waals surface area (Å²) in [6.45, 7) is 17.0. The van der Waals surface area contributed by atoms with E-state index in [0.29, 0.717) is 6.54 Å². The summed E-state index contributed by atoms with van der Waals surface area (Å²) in [5, 5.41) is 3.32. The van der Waals surface area contributed by atoms with Crippen LogP contribution in [-0.2, 0) is 0 Å². The second-order valence-electron chi connectivity index (χ2n) is 4.72. The van der Waals surface area contributed by atoms with Gasteiger partial charge in [0.25, 0.3) is 0 Å². The first kappa shape index (κ1) is 18.3. The van der Waals surface area contributed by atoms with Crippen molar-refractivity contribution in [3.63, 3.8) is 0 Å². The Balaban J connectivity index is 5.16. The molecule has 0 rings (SSSR count). The van der Waals surface area contributed by atoms with Gasteiger partial charge in [0.2, 0.25) is 0 Å². The first-order valence-electron chi connectivity index (χ1n) is 7.17. The lowest BCUT2D eigenvalue weighted by atomic mass is 10.1. The molecule has 0 atom stereocenters. The van der Waals surface area contributed by atoms with E-state index in [1.54, 1.807) is 6.20 Å². The normalized spacial score (nSPS) is 13.8. The molecule has 0 unspecified atom stereocenters. The summed E-state index contributed by atoms with van der Waals surface area (Å²) in [6.07, 6.45) is 4.80. The Morgan fingerprint density at radius 1 is 1.15 bits per heavy atom. The van der Waals surface area contributed by atoms with E-state index in [9.17, 15) is 0 Å². The van der Waals surface area contributed by atoms with Gasteiger partial charge < -0.3 is 5.32 Å². The van der Waals surface area contributed by atoms with Gasteiger partial charge in [-0.1, -0.05) is 20.3 Å². The van der Waals surface area contributed by atoms with Crippen molar-refractivity contribution >= 4 is 19.1 Å². The molecule has 0 fully saturated rings. The molecule has 0 aliphatic rings. The van der Waals surface area contributed by atoms with Gasteiger partial charge in [-0.15, -0.1) is 0 Å². The van der Waals surface area contributed by atoms with Crippen LogP contribution in [0.25, 0.3) is 0 Å². The zero-order chi connectivity index (χ0) is 15.4. The van der Waals surface area contributed by atoms with Crippen molar-refractivity contribution in [2.45, 2.75) is 47.0 Å². The first-order valence-corrected chi connectivity index (χ1v) is 7.17. The molecule has 0 aromatic rings. The molecule has 0 aromatic carbocycles. The summed E-state index contributed by atoms with van der Waals surface area (Å²) >= 11 is 0. The average molecular weight is 276 g/mol. The van der Waals surface area contributed by atoms with E-state index < -0.39 is 0 Å². The molecule has 1 N–H and O–H groups in total. The largest absolute Gasteiger partial charge is 0.370 e. The third-order valence-electron chi connectivity index (χ3n) is 2.80. The number of allylic oxidation sites excluding steroid dienone is 1. The molecule has 0 heterocycles. The van der Waals surface area contributed by atoms with Gasteiger partial charge in [0.1, 0.15) is 5.82 Å². The van der Waals surface area contributed by atoms with Gasteiger partial charge >= 0.3 is 0 Å². The molecule has 0 amide bonds. The Bertz CT molecular complexity index is 403. The zero-order valence-corrected chi connectivity index (χ0v) is 13.4. The van der Waals surface area contributed by atoms with Crippen LogP contribution in [0, 0.1) is 0 Å². The fourth-order valence-electron chi connectivity index (χ4n) is 1.76. The molecule has 0 saturated heterocycles. The third kappa shape index (κ3) is 7.02. The Labute approximate surface area is 123 Å². The zero-order valence-electron chi connectivity index (χ0n) is 13.4. The Hall–Kier alpha value is -1.71. The summed E-state index contributed by atoms with van der Waals surface area (Å²) < 4.78 is 0. The minimum Gasteiger partial charge on any atom is -0.370 e. The summed E-state index contributed by atoms with van der Waals surface area (Å²) in [5.41, 5.74) is 3.25. The quantitative estimate of drug-likeness (QED) is 0.607. The van der Waals surface area contributed by atoms with E-state index in [-0.39, 0.29) is 0 Å². The van der Waals surface area contributed by atoms with E-state index in [1.165, 1.54) is 0 Å². The van der Waals surface area contributed by atoms with Gasteiger partial charge in [-0.05, 0) is 45.7 Å². The number of hydrogen-bond donors (Lipinski definition) is 1. The van der Waals surface area contributed by atoms with Crippen LogP contribution in [-0.4, -0.2) is 32.2 Å². The lowest BCUT2D eigenvalue weighted by molar-refractivity contribution is 0.747. The maximum absolute atomic E-state index is 4.61. The molecule has 112 valence electrons. The van der Waals surface area contributed by atoms with E-state index in [4.69, 9.17) is 0 Å².